The third-order valence-electron chi connectivity index (χ3n) is 3.95. The summed E-state index contributed by atoms with van der Waals surface area (Å²) in [6.07, 6.45) is 4.06. The maximum absolute atomic E-state index is 12.4. The predicted molar refractivity (Wildman–Crippen MR) is 62.0 cm³/mol. The monoisotopic (exact) mass is 226 g/mol. The fourth-order valence-corrected chi connectivity index (χ4v) is 2.91. The molecule has 2 heterocycles. The number of carbonyl (C=O) groups excluding carboxylic acids is 1. The van der Waals surface area contributed by atoms with E-state index in [-0.39, 0.29) is 30.5 Å². The molecule has 0 unspecified atom stereocenters. The molecule has 16 heavy (non-hydrogen) atoms. The molecular weight excluding hydrogens is 204 g/mol. The van der Waals surface area contributed by atoms with Crippen LogP contribution in [0.1, 0.15) is 32.6 Å². The molecule has 2 rings (SSSR count). The Morgan fingerprint density at radius 1 is 1.44 bits per heavy atom. The van der Waals surface area contributed by atoms with Crippen molar-refractivity contribution in [2.75, 3.05) is 19.7 Å². The highest BCUT2D eigenvalue weighted by atomic mass is 16.3. The van der Waals surface area contributed by atoms with E-state index >= 15 is 0 Å². The first-order valence-electron chi connectivity index (χ1n) is 6.38. The second-order valence-corrected chi connectivity index (χ2v) is 5.00. The van der Waals surface area contributed by atoms with Crippen molar-refractivity contribution in [1.82, 2.24) is 10.2 Å². The van der Waals surface area contributed by atoms with Crippen molar-refractivity contribution in [3.63, 3.8) is 0 Å². The molecule has 2 aliphatic rings. The first-order valence-corrected chi connectivity index (χ1v) is 6.38. The SMILES string of the molecule is C[C@H]1NCCC[C@@H]1C(=O)N1CCC[C@H]1CO. The molecule has 2 aliphatic heterocycles. The molecule has 4 nitrogen and oxygen atoms in total. The quantitative estimate of drug-likeness (QED) is 0.715. The second kappa shape index (κ2) is 5.15. The molecule has 1 amide bonds. The largest absolute Gasteiger partial charge is 0.394 e. The van der Waals surface area contributed by atoms with E-state index < -0.39 is 0 Å². The van der Waals surface area contributed by atoms with Gasteiger partial charge in [-0.25, -0.2) is 0 Å². The van der Waals surface area contributed by atoms with Gasteiger partial charge in [-0.3, -0.25) is 4.79 Å². The van der Waals surface area contributed by atoms with E-state index in [0.717, 1.165) is 38.8 Å². The molecule has 0 aliphatic carbocycles. The van der Waals surface area contributed by atoms with E-state index in [9.17, 15) is 9.90 Å². The maximum atomic E-state index is 12.4. The van der Waals surface area contributed by atoms with E-state index in [1.54, 1.807) is 0 Å². The number of aliphatic hydroxyl groups excluding tert-OH is 1. The highest BCUT2D eigenvalue weighted by Crippen LogP contribution is 2.24. The highest BCUT2D eigenvalue weighted by molar-refractivity contribution is 5.80. The van der Waals surface area contributed by atoms with Gasteiger partial charge in [0.05, 0.1) is 18.6 Å². The standard InChI is InChI=1S/C12H22N2O2/c1-9-11(5-2-6-13-9)12(16)14-7-3-4-10(14)8-15/h9-11,13,15H,2-8H2,1H3/t9-,10+,11+/m1/s1. The van der Waals surface area contributed by atoms with Crippen LogP contribution >= 0.6 is 0 Å². The van der Waals surface area contributed by atoms with Crippen LogP contribution < -0.4 is 5.32 Å². The number of carbonyl (C=O) groups is 1. The zero-order chi connectivity index (χ0) is 11.5. The zero-order valence-electron chi connectivity index (χ0n) is 9.98. The van der Waals surface area contributed by atoms with Crippen LogP contribution in [0.25, 0.3) is 0 Å². The second-order valence-electron chi connectivity index (χ2n) is 5.00. The van der Waals surface area contributed by atoms with Gasteiger partial charge in [0, 0.05) is 12.6 Å². The lowest BCUT2D eigenvalue weighted by atomic mass is 9.90. The Morgan fingerprint density at radius 3 is 2.94 bits per heavy atom. The molecule has 92 valence electrons. The predicted octanol–water partition coefficient (Wildman–Crippen LogP) is 0.358. The van der Waals surface area contributed by atoms with Crippen molar-refractivity contribution in [2.24, 2.45) is 5.92 Å². The van der Waals surface area contributed by atoms with Crippen LogP contribution in [0.4, 0.5) is 0 Å². The average Bonchev–Trinajstić information content (AvgIpc) is 2.77. The van der Waals surface area contributed by atoms with Gasteiger partial charge in [-0.2, -0.15) is 0 Å². The van der Waals surface area contributed by atoms with Crippen molar-refractivity contribution in [1.29, 1.82) is 0 Å². The van der Waals surface area contributed by atoms with Crippen molar-refractivity contribution in [3.8, 4) is 0 Å². The third kappa shape index (κ3) is 2.23. The van der Waals surface area contributed by atoms with Crippen LogP contribution in [-0.2, 0) is 4.79 Å². The topological polar surface area (TPSA) is 52.6 Å². The van der Waals surface area contributed by atoms with Crippen LogP contribution in [0, 0.1) is 5.92 Å². The van der Waals surface area contributed by atoms with Gasteiger partial charge in [0.2, 0.25) is 5.91 Å². The van der Waals surface area contributed by atoms with E-state index in [2.05, 4.69) is 12.2 Å². The molecule has 2 N–H and O–H groups in total. The maximum Gasteiger partial charge on any atom is 0.227 e. The number of nitrogens with one attached hydrogen (secondary N) is 1. The van der Waals surface area contributed by atoms with Gasteiger partial charge in [0.25, 0.3) is 0 Å². The van der Waals surface area contributed by atoms with Gasteiger partial charge in [0.1, 0.15) is 0 Å². The molecule has 0 bridgehead atoms. The lowest BCUT2D eigenvalue weighted by molar-refractivity contribution is -0.138. The van der Waals surface area contributed by atoms with Crippen LogP contribution in [0.15, 0.2) is 0 Å². The fraction of sp³-hybridized carbons (Fsp3) is 0.917. The summed E-state index contributed by atoms with van der Waals surface area (Å²) in [4.78, 5) is 14.3. The summed E-state index contributed by atoms with van der Waals surface area (Å²) in [7, 11) is 0. The number of nitrogens with zero attached hydrogens (tertiary/aromatic N) is 1. The Bertz CT molecular complexity index is 253. The molecule has 0 aromatic carbocycles. The number of likely N-dealkylation sites (tertiary alicyclic amines) is 1. The molecule has 0 spiro atoms. The number of hydrogen-bond acceptors (Lipinski definition) is 3. The molecular formula is C12H22N2O2. The number of piperidine rings is 1. The minimum Gasteiger partial charge on any atom is -0.394 e. The minimum atomic E-state index is 0.0710. The average molecular weight is 226 g/mol. The number of aliphatic hydroxyl groups is 1. The number of amides is 1. The van der Waals surface area contributed by atoms with Gasteiger partial charge >= 0.3 is 0 Å². The van der Waals surface area contributed by atoms with Crippen molar-refractivity contribution >= 4 is 5.91 Å². The van der Waals surface area contributed by atoms with Crippen LogP contribution in [0.3, 0.4) is 0 Å². The smallest absolute Gasteiger partial charge is 0.227 e. The van der Waals surface area contributed by atoms with Gasteiger partial charge in [-0.15, -0.1) is 0 Å². The summed E-state index contributed by atoms with van der Waals surface area (Å²) >= 11 is 0. The zero-order valence-corrected chi connectivity index (χ0v) is 9.98. The Labute approximate surface area is 97.0 Å². The highest BCUT2D eigenvalue weighted by Gasteiger charge is 2.35. The summed E-state index contributed by atoms with van der Waals surface area (Å²) in [5.74, 6) is 0.358. The molecule has 2 saturated heterocycles. The lowest BCUT2D eigenvalue weighted by Crippen LogP contribution is -2.50. The summed E-state index contributed by atoms with van der Waals surface area (Å²) in [6, 6.07) is 0.350. The minimum absolute atomic E-state index is 0.0710. The number of rotatable bonds is 2. The van der Waals surface area contributed by atoms with Gasteiger partial charge < -0.3 is 15.3 Å². The molecule has 0 aromatic heterocycles. The molecule has 0 radical (unpaired) electrons. The molecule has 0 aromatic rings. The molecule has 2 fully saturated rings. The van der Waals surface area contributed by atoms with E-state index in [0.29, 0.717) is 0 Å². The lowest BCUT2D eigenvalue weighted by Gasteiger charge is -2.34. The van der Waals surface area contributed by atoms with Crippen molar-refractivity contribution in [3.05, 3.63) is 0 Å². The summed E-state index contributed by atoms with van der Waals surface area (Å²) < 4.78 is 0. The van der Waals surface area contributed by atoms with Gasteiger partial charge in [-0.05, 0) is 39.2 Å². The van der Waals surface area contributed by atoms with Crippen LogP contribution in [-0.4, -0.2) is 47.7 Å². The molecule has 0 saturated carbocycles. The summed E-state index contributed by atoms with van der Waals surface area (Å²) in [5.41, 5.74) is 0. The van der Waals surface area contributed by atoms with Crippen LogP contribution in [0.2, 0.25) is 0 Å². The first kappa shape index (κ1) is 11.9. The fourth-order valence-electron chi connectivity index (χ4n) is 2.91. The van der Waals surface area contributed by atoms with Gasteiger partial charge in [0.15, 0.2) is 0 Å². The summed E-state index contributed by atoms with van der Waals surface area (Å²) in [5, 5.41) is 12.6. The van der Waals surface area contributed by atoms with Crippen molar-refractivity contribution < 1.29 is 9.90 Å². The Hall–Kier alpha value is -0.610. The van der Waals surface area contributed by atoms with E-state index in [4.69, 9.17) is 0 Å². The normalized spacial score (nSPS) is 35.4. The van der Waals surface area contributed by atoms with Crippen molar-refractivity contribution in [2.45, 2.75) is 44.7 Å². The Balaban J connectivity index is 2.00. The number of hydrogen-bond donors (Lipinski definition) is 2. The summed E-state index contributed by atoms with van der Waals surface area (Å²) in [6.45, 7) is 4.05. The van der Waals surface area contributed by atoms with E-state index in [1.807, 2.05) is 4.90 Å². The third-order valence-corrected chi connectivity index (χ3v) is 3.95. The van der Waals surface area contributed by atoms with Gasteiger partial charge in [-0.1, -0.05) is 0 Å². The van der Waals surface area contributed by atoms with Crippen LogP contribution in [0.5, 0.6) is 0 Å². The molecule has 3 atom stereocenters. The van der Waals surface area contributed by atoms with E-state index in [1.165, 1.54) is 0 Å². The Kier molecular flexibility index (Phi) is 3.82. The molecule has 4 heteroatoms. The first-order chi connectivity index (χ1) is 7.74. The Morgan fingerprint density at radius 2 is 2.25 bits per heavy atom.